The molecule has 302 valence electrons. The quantitative estimate of drug-likeness (QED) is 0.0411. The average Bonchev–Trinajstić information content (AvgIpc) is 3.73. The molecule has 2 aliphatic rings. The number of fused-ring (bicyclic) bond motifs is 6. The third kappa shape index (κ3) is 11.2. The highest BCUT2D eigenvalue weighted by atomic mass is 16.6. The number of alkyl carbamates (subject to hydrolysis) is 2. The minimum atomic E-state index is -0.879. The van der Waals surface area contributed by atoms with Gasteiger partial charge in [-0.1, -0.05) is 110 Å². The van der Waals surface area contributed by atoms with Gasteiger partial charge in [0, 0.05) is 37.8 Å². The Balaban J connectivity index is 0.737. The summed E-state index contributed by atoms with van der Waals surface area (Å²) in [5.74, 6) is -3.24. The molecule has 58 heavy (non-hydrogen) atoms. The van der Waals surface area contributed by atoms with Gasteiger partial charge in [0.25, 0.3) is 0 Å². The van der Waals surface area contributed by atoms with Gasteiger partial charge in [0.2, 0.25) is 0 Å². The van der Waals surface area contributed by atoms with Crippen molar-refractivity contribution in [3.63, 3.8) is 0 Å². The number of nitrogens with one attached hydrogen (secondary N) is 2. The Labute approximate surface area is 337 Å². The number of unbranched alkanes of at least 4 members (excludes halogenated alkanes) is 4. The van der Waals surface area contributed by atoms with Crippen molar-refractivity contribution in [2.45, 2.75) is 76.0 Å². The van der Waals surface area contributed by atoms with Crippen LogP contribution in [0.5, 0.6) is 0 Å². The molecule has 0 spiro atoms. The molecule has 2 amide bonds. The van der Waals surface area contributed by atoms with Crippen LogP contribution in [0, 0.1) is 0 Å². The van der Waals surface area contributed by atoms with Crippen molar-refractivity contribution in [1.82, 2.24) is 10.6 Å². The van der Waals surface area contributed by atoms with Gasteiger partial charge in [-0.2, -0.15) is 0 Å². The SMILES string of the molecule is O=C(CCCCCNC(=O)OCC1c2ccccc2-c2ccccc21)OC(=O)CCC(=O)OC(=O)CCCCCNC(=O)OCC1c2ccccc2-c2ccccc21. The summed E-state index contributed by atoms with van der Waals surface area (Å²) >= 11 is 0. The molecule has 2 aliphatic carbocycles. The fraction of sp³-hybridized carbons (Fsp3) is 0.348. The van der Waals surface area contributed by atoms with Gasteiger partial charge in [-0.15, -0.1) is 0 Å². The molecule has 12 nitrogen and oxygen atoms in total. The van der Waals surface area contributed by atoms with Crippen LogP contribution in [0.25, 0.3) is 22.3 Å². The van der Waals surface area contributed by atoms with Crippen molar-refractivity contribution in [2.75, 3.05) is 26.3 Å². The van der Waals surface area contributed by atoms with Gasteiger partial charge in [0.05, 0.1) is 12.8 Å². The first kappa shape index (κ1) is 41.3. The zero-order valence-electron chi connectivity index (χ0n) is 32.4. The standard InChI is InChI=1S/C46H48N2O10/c49-41(23-3-1-13-27-47-45(53)55-29-39-35-19-9-5-15-31(35)32-16-6-10-20-36(32)39)57-43(51)25-26-44(52)58-42(50)24-4-2-14-28-48-46(54)56-30-40-37-21-11-7-17-33(37)34-18-8-12-22-38(34)40/h5-12,15-22,39-40H,1-4,13-14,23-30H2,(H,47,53)(H,48,54). The highest BCUT2D eigenvalue weighted by Gasteiger charge is 2.30. The summed E-state index contributed by atoms with van der Waals surface area (Å²) in [7, 11) is 0. The number of hydrogen-bond acceptors (Lipinski definition) is 10. The number of esters is 4. The summed E-state index contributed by atoms with van der Waals surface area (Å²) in [6.07, 6.45) is 1.49. The molecular weight excluding hydrogens is 741 g/mol. The van der Waals surface area contributed by atoms with Crippen LogP contribution < -0.4 is 10.6 Å². The fourth-order valence-corrected chi connectivity index (χ4v) is 7.48. The van der Waals surface area contributed by atoms with E-state index in [1.54, 1.807) is 0 Å². The lowest BCUT2D eigenvalue weighted by Crippen LogP contribution is -2.27. The molecule has 4 aromatic rings. The van der Waals surface area contributed by atoms with Gasteiger partial charge < -0.3 is 29.6 Å². The first-order chi connectivity index (χ1) is 28.3. The number of rotatable bonds is 19. The van der Waals surface area contributed by atoms with Crippen molar-refractivity contribution in [3.05, 3.63) is 119 Å². The Morgan fingerprint density at radius 3 is 1.05 bits per heavy atom. The zero-order chi connectivity index (χ0) is 40.7. The topological polar surface area (TPSA) is 163 Å². The van der Waals surface area contributed by atoms with Crippen LogP contribution in [-0.2, 0) is 38.1 Å². The maximum Gasteiger partial charge on any atom is 0.407 e. The normalized spacial score (nSPS) is 12.3. The number of carbonyl (C=O) groups is 6. The maximum atomic E-state index is 12.3. The fourth-order valence-electron chi connectivity index (χ4n) is 7.48. The first-order valence-electron chi connectivity index (χ1n) is 19.9. The van der Waals surface area contributed by atoms with Crippen LogP contribution in [-0.4, -0.2) is 62.4 Å². The molecule has 0 aromatic heterocycles. The van der Waals surface area contributed by atoms with E-state index in [9.17, 15) is 28.8 Å². The summed E-state index contributed by atoms with van der Waals surface area (Å²) in [6.45, 7) is 1.18. The number of benzene rings is 4. The van der Waals surface area contributed by atoms with E-state index in [0.717, 1.165) is 44.5 Å². The minimum Gasteiger partial charge on any atom is -0.449 e. The summed E-state index contributed by atoms with van der Waals surface area (Å²) < 4.78 is 20.6. The van der Waals surface area contributed by atoms with Gasteiger partial charge in [0.15, 0.2) is 0 Å². The number of carbonyl (C=O) groups excluding carboxylic acids is 6. The zero-order valence-corrected chi connectivity index (χ0v) is 32.4. The van der Waals surface area contributed by atoms with Crippen molar-refractivity contribution < 1.29 is 47.7 Å². The molecule has 0 atom stereocenters. The van der Waals surface area contributed by atoms with E-state index in [1.807, 2.05) is 48.5 Å². The average molecular weight is 789 g/mol. The van der Waals surface area contributed by atoms with E-state index in [0.29, 0.717) is 51.6 Å². The molecule has 0 saturated carbocycles. The monoisotopic (exact) mass is 788 g/mol. The van der Waals surface area contributed by atoms with Crippen LogP contribution >= 0.6 is 0 Å². The number of ether oxygens (including phenoxy) is 4. The molecule has 2 N–H and O–H groups in total. The molecule has 0 radical (unpaired) electrons. The summed E-state index contributed by atoms with van der Waals surface area (Å²) in [4.78, 5) is 72.9. The van der Waals surface area contributed by atoms with Gasteiger partial charge in [-0.05, 0) is 70.2 Å². The molecule has 0 bridgehead atoms. The molecule has 0 fully saturated rings. The van der Waals surface area contributed by atoms with Crippen molar-refractivity contribution in [1.29, 1.82) is 0 Å². The predicted molar refractivity (Wildman–Crippen MR) is 215 cm³/mol. The Morgan fingerprint density at radius 2 is 0.707 bits per heavy atom. The number of hydrogen-bond donors (Lipinski definition) is 2. The van der Waals surface area contributed by atoms with Crippen molar-refractivity contribution in [2.24, 2.45) is 0 Å². The first-order valence-corrected chi connectivity index (χ1v) is 19.9. The van der Waals surface area contributed by atoms with E-state index in [4.69, 9.17) is 18.9 Å². The Kier molecular flexibility index (Phi) is 14.8. The Hall–Kier alpha value is -6.30. The molecule has 4 aromatic carbocycles. The van der Waals surface area contributed by atoms with Crippen molar-refractivity contribution >= 4 is 36.1 Å². The lowest BCUT2D eigenvalue weighted by molar-refractivity contribution is -0.165. The second kappa shape index (κ2) is 20.7. The lowest BCUT2D eigenvalue weighted by Gasteiger charge is -2.14. The summed E-state index contributed by atoms with van der Waals surface area (Å²) in [5, 5.41) is 5.47. The van der Waals surface area contributed by atoms with E-state index >= 15 is 0 Å². The van der Waals surface area contributed by atoms with Gasteiger partial charge in [-0.25, -0.2) is 9.59 Å². The highest BCUT2D eigenvalue weighted by molar-refractivity contribution is 5.90. The van der Waals surface area contributed by atoms with Gasteiger partial charge in [0.1, 0.15) is 13.2 Å². The van der Waals surface area contributed by atoms with E-state index < -0.39 is 48.9 Å². The smallest absolute Gasteiger partial charge is 0.407 e. The van der Waals surface area contributed by atoms with Crippen molar-refractivity contribution in [3.8, 4) is 22.3 Å². The van der Waals surface area contributed by atoms with E-state index in [1.165, 1.54) is 0 Å². The molecule has 0 heterocycles. The minimum absolute atomic E-state index is 0.000822. The second-order valence-corrected chi connectivity index (χ2v) is 14.3. The predicted octanol–water partition coefficient (Wildman–Crippen LogP) is 8.10. The molecule has 12 heteroatoms. The van der Waals surface area contributed by atoms with E-state index in [2.05, 4.69) is 59.2 Å². The van der Waals surface area contributed by atoms with Crippen LogP contribution in [0.15, 0.2) is 97.1 Å². The Bertz CT molecular complexity index is 1870. The lowest BCUT2D eigenvalue weighted by atomic mass is 9.98. The van der Waals surface area contributed by atoms with E-state index in [-0.39, 0.29) is 37.9 Å². The molecular formula is C46H48N2O10. The van der Waals surface area contributed by atoms with Crippen LogP contribution in [0.4, 0.5) is 9.59 Å². The Morgan fingerprint density at radius 1 is 0.397 bits per heavy atom. The van der Waals surface area contributed by atoms with Crippen LogP contribution in [0.2, 0.25) is 0 Å². The molecule has 0 unspecified atom stereocenters. The third-order valence-electron chi connectivity index (χ3n) is 10.3. The molecule has 6 rings (SSSR count). The van der Waals surface area contributed by atoms with Gasteiger partial charge >= 0.3 is 36.1 Å². The number of amides is 2. The largest absolute Gasteiger partial charge is 0.449 e. The van der Waals surface area contributed by atoms with Crippen LogP contribution in [0.1, 0.15) is 98.3 Å². The summed E-state index contributed by atoms with van der Waals surface area (Å²) in [6, 6.07) is 32.4. The van der Waals surface area contributed by atoms with Gasteiger partial charge in [-0.3, -0.25) is 19.2 Å². The third-order valence-corrected chi connectivity index (χ3v) is 10.3. The summed E-state index contributed by atoms with van der Waals surface area (Å²) in [5.41, 5.74) is 9.16. The second-order valence-electron chi connectivity index (χ2n) is 14.3. The maximum absolute atomic E-state index is 12.3. The molecule has 0 aliphatic heterocycles. The van der Waals surface area contributed by atoms with Crippen LogP contribution in [0.3, 0.4) is 0 Å². The highest BCUT2D eigenvalue weighted by Crippen LogP contribution is 2.45. The molecule has 0 saturated heterocycles.